The van der Waals surface area contributed by atoms with Crippen LogP contribution in [0.1, 0.15) is 23.1 Å². The lowest BCUT2D eigenvalue weighted by Crippen LogP contribution is -2.33. The zero-order valence-electron chi connectivity index (χ0n) is 14.9. The van der Waals surface area contributed by atoms with Gasteiger partial charge < -0.3 is 16.2 Å². The number of allylic oxidation sites excluding steroid dienone is 1. The highest BCUT2D eigenvalue weighted by Crippen LogP contribution is 2.43. The predicted molar refractivity (Wildman–Crippen MR) is 113 cm³/mol. The maximum Gasteiger partial charge on any atom is 0.326 e. The second kappa shape index (κ2) is 8.39. The molecule has 0 bridgehead atoms. The number of amides is 1. The van der Waals surface area contributed by atoms with Crippen LogP contribution in [-0.2, 0) is 9.59 Å². The molecule has 0 spiro atoms. The Morgan fingerprint density at radius 1 is 1.24 bits per heavy atom. The molecule has 1 unspecified atom stereocenters. The normalized spacial score (nSPS) is 17.2. The van der Waals surface area contributed by atoms with Crippen LogP contribution in [-0.4, -0.2) is 23.0 Å². The Bertz CT molecular complexity index is 1100. The summed E-state index contributed by atoms with van der Waals surface area (Å²) in [6.45, 7) is 0. The summed E-state index contributed by atoms with van der Waals surface area (Å²) >= 11 is 12.5. The quantitative estimate of drug-likeness (QED) is 0.499. The van der Waals surface area contributed by atoms with E-state index in [-0.39, 0.29) is 17.0 Å². The first-order valence-electron chi connectivity index (χ1n) is 8.50. The summed E-state index contributed by atoms with van der Waals surface area (Å²) < 4.78 is 0. The molecule has 3 rings (SSSR count). The number of carbonyl (C=O) groups excluding carboxylic acids is 1. The van der Waals surface area contributed by atoms with Crippen LogP contribution in [0.25, 0.3) is 17.2 Å². The fourth-order valence-electron chi connectivity index (χ4n) is 3.27. The van der Waals surface area contributed by atoms with Crippen LogP contribution in [0.4, 0.5) is 5.69 Å². The van der Waals surface area contributed by atoms with Crippen LogP contribution in [0.5, 0.6) is 0 Å². The minimum atomic E-state index is -1.08. The molecule has 6 nitrogen and oxygen atoms in total. The van der Waals surface area contributed by atoms with Gasteiger partial charge >= 0.3 is 5.97 Å². The number of carbonyl (C=O) groups is 2. The third kappa shape index (κ3) is 4.27. The fraction of sp³-hybridized carbons (Fsp3) is 0.0952. The first-order chi connectivity index (χ1) is 13.8. The van der Waals surface area contributed by atoms with Crippen molar-refractivity contribution in [1.82, 2.24) is 0 Å². The average Bonchev–Trinajstić information content (AvgIpc) is 2.66. The number of carboxylic acids is 1. The predicted octanol–water partition coefficient (Wildman–Crippen LogP) is 4.20. The van der Waals surface area contributed by atoms with E-state index in [1.54, 1.807) is 36.4 Å². The minimum absolute atomic E-state index is 0.0120. The Kier molecular flexibility index (Phi) is 5.92. The molecule has 0 aromatic heterocycles. The van der Waals surface area contributed by atoms with Crippen molar-refractivity contribution in [3.05, 3.63) is 69.2 Å². The maximum absolute atomic E-state index is 12.4. The van der Waals surface area contributed by atoms with Crippen LogP contribution in [0.15, 0.2) is 42.5 Å². The second-order valence-electron chi connectivity index (χ2n) is 6.35. The van der Waals surface area contributed by atoms with E-state index in [9.17, 15) is 14.7 Å². The summed E-state index contributed by atoms with van der Waals surface area (Å²) in [5, 5.41) is 21.7. The molecule has 1 atom stereocenters. The third-order valence-corrected chi connectivity index (χ3v) is 5.01. The molecule has 146 valence electrons. The summed E-state index contributed by atoms with van der Waals surface area (Å²) in [6.07, 6.45) is 2.98. The number of hydrogen-bond donors (Lipinski definition) is 3. The third-order valence-electron chi connectivity index (χ3n) is 4.49. The van der Waals surface area contributed by atoms with Crippen LogP contribution in [0.3, 0.4) is 0 Å². The van der Waals surface area contributed by atoms with Gasteiger partial charge in [-0.1, -0.05) is 47.5 Å². The Hall–Kier alpha value is -3.27. The van der Waals surface area contributed by atoms with Crippen molar-refractivity contribution in [3.8, 4) is 6.07 Å². The van der Waals surface area contributed by atoms with E-state index in [1.807, 2.05) is 6.07 Å². The van der Waals surface area contributed by atoms with Crippen LogP contribution in [0, 0.1) is 11.3 Å². The van der Waals surface area contributed by atoms with E-state index in [0.717, 1.165) is 5.56 Å². The Morgan fingerprint density at radius 3 is 2.52 bits per heavy atom. The number of fused-ring (bicyclic) bond motifs is 1. The molecule has 29 heavy (non-hydrogen) atoms. The van der Waals surface area contributed by atoms with Crippen molar-refractivity contribution in [2.45, 2.75) is 12.5 Å². The van der Waals surface area contributed by atoms with E-state index in [4.69, 9.17) is 34.2 Å². The Balaban J connectivity index is 2.24. The van der Waals surface area contributed by atoms with Gasteiger partial charge in [-0.2, -0.15) is 5.26 Å². The van der Waals surface area contributed by atoms with Gasteiger partial charge in [0.05, 0.1) is 16.7 Å². The SMILES string of the molecule is N#C/C=C/c1ccc(/C(C(N)=O)=C2\CC(C(=O)O)Nc3cc(Cl)cc(Cl)c32)cc1. The molecular weight excluding hydrogens is 413 g/mol. The van der Waals surface area contributed by atoms with Gasteiger partial charge in [0.1, 0.15) is 6.04 Å². The molecule has 0 aliphatic carbocycles. The van der Waals surface area contributed by atoms with Gasteiger partial charge in [0, 0.05) is 28.8 Å². The number of hydrogen-bond acceptors (Lipinski definition) is 4. The summed E-state index contributed by atoms with van der Waals surface area (Å²) in [5.74, 6) is -1.78. The smallest absolute Gasteiger partial charge is 0.326 e. The standard InChI is InChI=1S/C21H15Cl2N3O3/c22-13-8-15(23)19-14(10-17(21(28)29)26-16(19)9-13)18(20(25)27)12-5-3-11(4-6-12)2-1-7-24/h1-6,8-9,17,26H,10H2,(H2,25,27)(H,28,29)/b2-1+,18-14-. The first-order valence-corrected chi connectivity index (χ1v) is 9.25. The van der Waals surface area contributed by atoms with Crippen LogP contribution < -0.4 is 11.1 Å². The Labute approximate surface area is 176 Å². The largest absolute Gasteiger partial charge is 0.480 e. The second-order valence-corrected chi connectivity index (χ2v) is 7.20. The number of nitrogens with zero attached hydrogens (tertiary/aromatic N) is 1. The number of nitrogens with one attached hydrogen (secondary N) is 1. The van der Waals surface area contributed by atoms with Gasteiger partial charge in [-0.25, -0.2) is 4.79 Å². The average molecular weight is 428 g/mol. The van der Waals surface area contributed by atoms with Crippen molar-refractivity contribution in [1.29, 1.82) is 5.26 Å². The molecule has 1 aliphatic heterocycles. The number of halogens is 2. The van der Waals surface area contributed by atoms with Gasteiger partial charge in [-0.15, -0.1) is 0 Å². The number of anilines is 1. The summed E-state index contributed by atoms with van der Waals surface area (Å²) in [7, 11) is 0. The molecule has 0 radical (unpaired) electrons. The number of primary amides is 1. The number of nitriles is 1. The molecule has 0 saturated heterocycles. The van der Waals surface area contributed by atoms with E-state index in [0.29, 0.717) is 27.4 Å². The van der Waals surface area contributed by atoms with Crippen molar-refractivity contribution in [2.75, 3.05) is 5.32 Å². The van der Waals surface area contributed by atoms with E-state index < -0.39 is 17.9 Å². The number of aliphatic carboxylic acids is 1. The molecule has 1 heterocycles. The van der Waals surface area contributed by atoms with Gasteiger partial charge in [-0.3, -0.25) is 4.79 Å². The van der Waals surface area contributed by atoms with E-state index in [1.165, 1.54) is 12.1 Å². The van der Waals surface area contributed by atoms with E-state index >= 15 is 0 Å². The molecule has 0 fully saturated rings. The highest BCUT2D eigenvalue weighted by atomic mass is 35.5. The summed E-state index contributed by atoms with van der Waals surface area (Å²) in [6, 6.07) is 10.9. The topological polar surface area (TPSA) is 116 Å². The highest BCUT2D eigenvalue weighted by Gasteiger charge is 2.32. The van der Waals surface area contributed by atoms with E-state index in [2.05, 4.69) is 5.32 Å². The number of nitrogens with two attached hydrogens (primary N) is 1. The maximum atomic E-state index is 12.4. The van der Waals surface area contributed by atoms with Crippen molar-refractivity contribution < 1.29 is 14.7 Å². The summed E-state index contributed by atoms with van der Waals surface area (Å²) in [4.78, 5) is 24.0. The Morgan fingerprint density at radius 2 is 1.93 bits per heavy atom. The molecule has 2 aromatic carbocycles. The number of carboxylic acid groups (broad SMARTS) is 1. The van der Waals surface area contributed by atoms with Gasteiger partial charge in [0.25, 0.3) is 0 Å². The highest BCUT2D eigenvalue weighted by molar-refractivity contribution is 6.38. The molecule has 2 aromatic rings. The van der Waals surface area contributed by atoms with Gasteiger partial charge in [0.2, 0.25) is 5.91 Å². The zero-order chi connectivity index (χ0) is 21.1. The van der Waals surface area contributed by atoms with Crippen LogP contribution >= 0.6 is 23.2 Å². The fourth-order valence-corrected chi connectivity index (χ4v) is 3.88. The van der Waals surface area contributed by atoms with Crippen molar-refractivity contribution in [2.24, 2.45) is 5.73 Å². The number of benzene rings is 2. The van der Waals surface area contributed by atoms with Gasteiger partial charge in [-0.05, 0) is 34.9 Å². The number of rotatable bonds is 4. The lowest BCUT2D eigenvalue weighted by atomic mass is 9.85. The lowest BCUT2D eigenvalue weighted by Gasteiger charge is -2.29. The molecule has 1 aliphatic rings. The summed E-state index contributed by atoms with van der Waals surface area (Å²) in [5.41, 5.74) is 8.50. The molecule has 4 N–H and O–H groups in total. The van der Waals surface area contributed by atoms with Crippen molar-refractivity contribution in [3.63, 3.8) is 0 Å². The van der Waals surface area contributed by atoms with Crippen LogP contribution in [0.2, 0.25) is 10.0 Å². The van der Waals surface area contributed by atoms with Crippen molar-refractivity contribution >= 4 is 58.0 Å². The molecule has 1 amide bonds. The van der Waals surface area contributed by atoms with Gasteiger partial charge in [0.15, 0.2) is 0 Å². The minimum Gasteiger partial charge on any atom is -0.480 e. The molecular formula is C21H15Cl2N3O3. The monoisotopic (exact) mass is 427 g/mol. The lowest BCUT2D eigenvalue weighted by molar-refractivity contribution is -0.137. The zero-order valence-corrected chi connectivity index (χ0v) is 16.5. The molecule has 0 saturated carbocycles. The molecule has 8 heteroatoms. The first kappa shape index (κ1) is 20.5.